The molecule has 0 aliphatic heterocycles. The summed E-state index contributed by atoms with van der Waals surface area (Å²) in [5.41, 5.74) is 8.20. The molecule has 0 radical (unpaired) electrons. The van der Waals surface area contributed by atoms with E-state index in [1.54, 1.807) is 31.6 Å². The Bertz CT molecular complexity index is 715. The van der Waals surface area contributed by atoms with Crippen molar-refractivity contribution in [2.24, 2.45) is 0 Å². The van der Waals surface area contributed by atoms with Crippen LogP contribution in [0.3, 0.4) is 0 Å². The number of benzene rings is 1. The number of aryl methyl sites for hydroxylation is 1. The first-order chi connectivity index (χ1) is 9.91. The van der Waals surface area contributed by atoms with Crippen molar-refractivity contribution in [3.63, 3.8) is 0 Å². The van der Waals surface area contributed by atoms with E-state index in [-0.39, 0.29) is 4.90 Å². The van der Waals surface area contributed by atoms with Crippen LogP contribution in [0.2, 0.25) is 0 Å². The molecule has 2 N–H and O–H groups in total. The number of hydrogen-bond donors (Lipinski definition) is 1. The fourth-order valence-corrected chi connectivity index (χ4v) is 3.12. The number of aromatic nitrogens is 1. The minimum atomic E-state index is -3.51. The van der Waals surface area contributed by atoms with Crippen molar-refractivity contribution in [3.05, 3.63) is 53.9 Å². The molecule has 0 saturated heterocycles. The van der Waals surface area contributed by atoms with E-state index in [0.717, 1.165) is 11.1 Å². The van der Waals surface area contributed by atoms with Gasteiger partial charge in [-0.05, 0) is 48.7 Å². The summed E-state index contributed by atoms with van der Waals surface area (Å²) in [5.74, 6) is 0. The normalized spacial score (nSPS) is 11.8. The van der Waals surface area contributed by atoms with E-state index < -0.39 is 10.0 Å². The lowest BCUT2D eigenvalue weighted by atomic mass is 10.2. The van der Waals surface area contributed by atoms with Crippen molar-refractivity contribution in [2.75, 3.05) is 19.3 Å². The number of pyridine rings is 1. The molecule has 1 heterocycles. The van der Waals surface area contributed by atoms with Crippen LogP contribution in [0.25, 0.3) is 0 Å². The number of anilines is 1. The van der Waals surface area contributed by atoms with Gasteiger partial charge in [-0.1, -0.05) is 6.07 Å². The van der Waals surface area contributed by atoms with Crippen LogP contribution in [0.1, 0.15) is 11.1 Å². The van der Waals surface area contributed by atoms with E-state index in [2.05, 4.69) is 4.98 Å². The summed E-state index contributed by atoms with van der Waals surface area (Å²) in [6.07, 6.45) is 4.04. The summed E-state index contributed by atoms with van der Waals surface area (Å²) in [7, 11) is -1.93. The number of nitrogens with two attached hydrogens (primary N) is 1. The van der Waals surface area contributed by atoms with Crippen LogP contribution in [0.15, 0.2) is 47.6 Å². The molecule has 0 aliphatic rings. The van der Waals surface area contributed by atoms with Gasteiger partial charge >= 0.3 is 0 Å². The quantitative estimate of drug-likeness (QED) is 0.855. The molecule has 0 saturated carbocycles. The van der Waals surface area contributed by atoms with Crippen LogP contribution in [0.5, 0.6) is 0 Å². The number of sulfonamides is 1. The molecule has 112 valence electrons. The number of nitrogens with zero attached hydrogens (tertiary/aromatic N) is 2. The van der Waals surface area contributed by atoms with Crippen LogP contribution >= 0.6 is 0 Å². The third kappa shape index (κ3) is 3.59. The van der Waals surface area contributed by atoms with Gasteiger partial charge in [-0.25, -0.2) is 12.7 Å². The highest BCUT2D eigenvalue weighted by atomic mass is 32.2. The van der Waals surface area contributed by atoms with Gasteiger partial charge in [-0.15, -0.1) is 0 Å². The highest BCUT2D eigenvalue weighted by Crippen LogP contribution is 2.20. The SMILES string of the molecule is Cc1ccc(S(=O)(=O)N(C)CCc2ccncc2)cc1N. The lowest BCUT2D eigenvalue weighted by Gasteiger charge is -2.17. The lowest BCUT2D eigenvalue weighted by molar-refractivity contribution is 0.472. The molecule has 0 aliphatic carbocycles. The van der Waals surface area contributed by atoms with Crippen molar-refractivity contribution in [3.8, 4) is 0 Å². The summed E-state index contributed by atoms with van der Waals surface area (Å²) in [6.45, 7) is 2.25. The monoisotopic (exact) mass is 305 g/mol. The molecule has 6 heteroatoms. The second kappa shape index (κ2) is 6.24. The fourth-order valence-electron chi connectivity index (χ4n) is 1.92. The van der Waals surface area contributed by atoms with Crippen molar-refractivity contribution in [1.29, 1.82) is 0 Å². The third-order valence-corrected chi connectivity index (χ3v) is 5.28. The molecule has 0 amide bonds. The fraction of sp³-hybridized carbons (Fsp3) is 0.267. The van der Waals surface area contributed by atoms with E-state index in [0.29, 0.717) is 18.7 Å². The van der Waals surface area contributed by atoms with Gasteiger partial charge in [0.25, 0.3) is 0 Å². The zero-order valence-electron chi connectivity index (χ0n) is 12.2. The minimum absolute atomic E-state index is 0.225. The molecule has 2 aromatic rings. The predicted octanol–water partition coefficient (Wildman–Crippen LogP) is 1.84. The molecule has 21 heavy (non-hydrogen) atoms. The minimum Gasteiger partial charge on any atom is -0.398 e. The topological polar surface area (TPSA) is 76.3 Å². The van der Waals surface area contributed by atoms with E-state index in [4.69, 9.17) is 5.73 Å². The second-order valence-corrected chi connectivity index (χ2v) is 7.00. The Morgan fingerprint density at radius 3 is 2.48 bits per heavy atom. The predicted molar refractivity (Wildman–Crippen MR) is 83.3 cm³/mol. The maximum atomic E-state index is 12.5. The average Bonchev–Trinajstić information content (AvgIpc) is 2.48. The van der Waals surface area contributed by atoms with Crippen LogP contribution in [0, 0.1) is 6.92 Å². The number of hydrogen-bond acceptors (Lipinski definition) is 4. The average molecular weight is 305 g/mol. The molecular formula is C15H19N3O2S. The molecule has 2 rings (SSSR count). The Balaban J connectivity index is 2.13. The van der Waals surface area contributed by atoms with Crippen molar-refractivity contribution < 1.29 is 8.42 Å². The summed E-state index contributed by atoms with van der Waals surface area (Å²) >= 11 is 0. The lowest BCUT2D eigenvalue weighted by Crippen LogP contribution is -2.29. The van der Waals surface area contributed by atoms with Gasteiger partial charge in [-0.3, -0.25) is 4.98 Å². The summed E-state index contributed by atoms with van der Waals surface area (Å²) in [6, 6.07) is 8.57. The van der Waals surface area contributed by atoms with Gasteiger partial charge in [0, 0.05) is 31.7 Å². The van der Waals surface area contributed by atoms with Gasteiger partial charge in [0.05, 0.1) is 4.90 Å². The highest BCUT2D eigenvalue weighted by Gasteiger charge is 2.20. The maximum Gasteiger partial charge on any atom is 0.242 e. The van der Waals surface area contributed by atoms with Crippen molar-refractivity contribution in [1.82, 2.24) is 9.29 Å². The molecule has 0 atom stereocenters. The maximum absolute atomic E-state index is 12.5. The standard InChI is InChI=1S/C15H19N3O2S/c1-12-3-4-14(11-15(12)16)21(19,20)18(2)10-7-13-5-8-17-9-6-13/h3-6,8-9,11H,7,10,16H2,1-2H3. The molecule has 0 bridgehead atoms. The third-order valence-electron chi connectivity index (χ3n) is 3.42. The zero-order valence-corrected chi connectivity index (χ0v) is 13.0. The van der Waals surface area contributed by atoms with Crippen LogP contribution in [-0.4, -0.2) is 31.3 Å². The highest BCUT2D eigenvalue weighted by molar-refractivity contribution is 7.89. The number of nitrogen functional groups attached to an aromatic ring is 1. The summed E-state index contributed by atoms with van der Waals surface area (Å²) in [5, 5.41) is 0. The van der Waals surface area contributed by atoms with Crippen molar-refractivity contribution >= 4 is 15.7 Å². The number of likely N-dealkylation sites (N-methyl/N-ethyl adjacent to an activating group) is 1. The Kier molecular flexibility index (Phi) is 4.59. The van der Waals surface area contributed by atoms with E-state index in [1.807, 2.05) is 19.1 Å². The van der Waals surface area contributed by atoms with Gasteiger partial charge in [0.1, 0.15) is 0 Å². The summed E-state index contributed by atoms with van der Waals surface area (Å²) < 4.78 is 26.3. The molecule has 0 fully saturated rings. The molecular weight excluding hydrogens is 286 g/mol. The Hall–Kier alpha value is -1.92. The van der Waals surface area contributed by atoms with Crippen LogP contribution in [0.4, 0.5) is 5.69 Å². The van der Waals surface area contributed by atoms with E-state index in [9.17, 15) is 8.42 Å². The van der Waals surface area contributed by atoms with Crippen LogP contribution < -0.4 is 5.73 Å². The Morgan fingerprint density at radius 1 is 1.19 bits per heavy atom. The van der Waals surface area contributed by atoms with E-state index in [1.165, 1.54) is 10.4 Å². The van der Waals surface area contributed by atoms with Gasteiger partial charge in [0.2, 0.25) is 10.0 Å². The molecule has 1 aromatic heterocycles. The molecule has 0 unspecified atom stereocenters. The van der Waals surface area contributed by atoms with Gasteiger partial charge < -0.3 is 5.73 Å². The van der Waals surface area contributed by atoms with Crippen molar-refractivity contribution in [2.45, 2.75) is 18.2 Å². The first-order valence-electron chi connectivity index (χ1n) is 6.62. The Morgan fingerprint density at radius 2 is 1.86 bits per heavy atom. The van der Waals surface area contributed by atoms with Crippen LogP contribution in [-0.2, 0) is 16.4 Å². The smallest absolute Gasteiger partial charge is 0.242 e. The summed E-state index contributed by atoms with van der Waals surface area (Å²) in [4.78, 5) is 4.17. The number of rotatable bonds is 5. The molecule has 5 nitrogen and oxygen atoms in total. The molecule has 0 spiro atoms. The molecule has 1 aromatic carbocycles. The van der Waals surface area contributed by atoms with E-state index >= 15 is 0 Å². The van der Waals surface area contributed by atoms with Gasteiger partial charge in [0.15, 0.2) is 0 Å². The second-order valence-electron chi connectivity index (χ2n) is 4.95. The zero-order chi connectivity index (χ0) is 15.5. The van der Waals surface area contributed by atoms with Gasteiger partial charge in [-0.2, -0.15) is 0 Å². The Labute approximate surface area is 125 Å². The first kappa shape index (κ1) is 15.5. The largest absolute Gasteiger partial charge is 0.398 e. The first-order valence-corrected chi connectivity index (χ1v) is 8.06.